The SMILES string of the molecule is CC(=O)N1c2ccccc2C[C@H]1C(=O)O. The Labute approximate surface area is 87.1 Å². The lowest BCUT2D eigenvalue weighted by molar-refractivity contribution is -0.139. The molecule has 4 nitrogen and oxygen atoms in total. The molecule has 0 fully saturated rings. The number of hydrogen-bond donors (Lipinski definition) is 1. The molecule has 2 rings (SSSR count). The van der Waals surface area contributed by atoms with E-state index in [9.17, 15) is 9.59 Å². The van der Waals surface area contributed by atoms with Crippen molar-refractivity contribution in [2.75, 3.05) is 4.90 Å². The highest BCUT2D eigenvalue weighted by molar-refractivity contribution is 6.00. The first kappa shape index (κ1) is 9.71. The number of para-hydroxylation sites is 1. The van der Waals surface area contributed by atoms with Crippen molar-refractivity contribution in [2.45, 2.75) is 19.4 Å². The van der Waals surface area contributed by atoms with Crippen molar-refractivity contribution in [1.82, 2.24) is 0 Å². The van der Waals surface area contributed by atoms with Gasteiger partial charge >= 0.3 is 5.97 Å². The standard InChI is InChI=1S/C11H11NO3/c1-7(13)12-9-5-3-2-4-8(9)6-10(12)11(14)15/h2-5,10H,6H2,1H3,(H,14,15)/t10-/m0/s1. The topological polar surface area (TPSA) is 57.6 Å². The second kappa shape index (κ2) is 3.38. The Morgan fingerprint density at radius 3 is 2.67 bits per heavy atom. The number of carboxylic acids is 1. The van der Waals surface area contributed by atoms with E-state index in [0.29, 0.717) is 6.42 Å². The van der Waals surface area contributed by atoms with Crippen molar-refractivity contribution in [1.29, 1.82) is 0 Å². The van der Waals surface area contributed by atoms with E-state index in [1.165, 1.54) is 11.8 Å². The maximum Gasteiger partial charge on any atom is 0.327 e. The van der Waals surface area contributed by atoms with E-state index < -0.39 is 12.0 Å². The van der Waals surface area contributed by atoms with Crippen LogP contribution in [0.5, 0.6) is 0 Å². The second-order valence-corrected chi connectivity index (χ2v) is 3.58. The van der Waals surface area contributed by atoms with Gasteiger partial charge in [-0.05, 0) is 11.6 Å². The third-order valence-electron chi connectivity index (χ3n) is 2.60. The summed E-state index contributed by atoms with van der Waals surface area (Å²) >= 11 is 0. The minimum Gasteiger partial charge on any atom is -0.480 e. The molecule has 0 radical (unpaired) electrons. The average Bonchev–Trinajstić information content (AvgIpc) is 2.56. The van der Waals surface area contributed by atoms with Crippen LogP contribution in [0, 0.1) is 0 Å². The van der Waals surface area contributed by atoms with Gasteiger partial charge in [0.05, 0.1) is 0 Å². The zero-order valence-electron chi connectivity index (χ0n) is 8.30. The first-order chi connectivity index (χ1) is 7.11. The first-order valence-corrected chi connectivity index (χ1v) is 4.72. The summed E-state index contributed by atoms with van der Waals surface area (Å²) in [5.41, 5.74) is 1.64. The minimum absolute atomic E-state index is 0.229. The van der Waals surface area contributed by atoms with Crippen molar-refractivity contribution in [3.63, 3.8) is 0 Å². The summed E-state index contributed by atoms with van der Waals surface area (Å²) in [5, 5.41) is 9.01. The van der Waals surface area contributed by atoms with Crippen LogP contribution in [0.1, 0.15) is 12.5 Å². The van der Waals surface area contributed by atoms with Crippen molar-refractivity contribution < 1.29 is 14.7 Å². The third-order valence-corrected chi connectivity index (χ3v) is 2.60. The molecule has 1 atom stereocenters. The van der Waals surface area contributed by atoms with Gasteiger partial charge in [-0.2, -0.15) is 0 Å². The Morgan fingerprint density at radius 2 is 2.07 bits per heavy atom. The molecular weight excluding hydrogens is 194 g/mol. The first-order valence-electron chi connectivity index (χ1n) is 4.72. The van der Waals surface area contributed by atoms with Crippen LogP contribution < -0.4 is 4.90 Å². The Bertz CT molecular complexity index is 428. The number of benzene rings is 1. The highest BCUT2D eigenvalue weighted by atomic mass is 16.4. The van der Waals surface area contributed by atoms with Crippen molar-refractivity contribution in [3.8, 4) is 0 Å². The van der Waals surface area contributed by atoms with Gasteiger partial charge in [0.15, 0.2) is 0 Å². The number of nitrogens with zero attached hydrogens (tertiary/aromatic N) is 1. The van der Waals surface area contributed by atoms with Crippen LogP contribution in [0.15, 0.2) is 24.3 Å². The zero-order chi connectivity index (χ0) is 11.0. The summed E-state index contributed by atoms with van der Waals surface area (Å²) in [6.45, 7) is 1.39. The lowest BCUT2D eigenvalue weighted by atomic mass is 10.1. The fourth-order valence-corrected chi connectivity index (χ4v) is 1.97. The van der Waals surface area contributed by atoms with E-state index in [-0.39, 0.29) is 5.91 Å². The van der Waals surface area contributed by atoms with Crippen LogP contribution in [-0.2, 0) is 16.0 Å². The summed E-state index contributed by atoms with van der Waals surface area (Å²) in [6, 6.07) is 6.54. The van der Waals surface area contributed by atoms with Gasteiger partial charge in [0.2, 0.25) is 5.91 Å². The molecule has 0 bridgehead atoms. The maximum absolute atomic E-state index is 11.4. The van der Waals surface area contributed by atoms with E-state index in [1.807, 2.05) is 12.1 Å². The van der Waals surface area contributed by atoms with Gasteiger partial charge in [0.25, 0.3) is 0 Å². The highest BCUT2D eigenvalue weighted by Gasteiger charge is 2.36. The molecule has 1 N–H and O–H groups in total. The summed E-state index contributed by atoms with van der Waals surface area (Å²) in [6.07, 6.45) is 0.394. The number of hydrogen-bond acceptors (Lipinski definition) is 2. The van der Waals surface area contributed by atoms with Crippen molar-refractivity contribution in [2.24, 2.45) is 0 Å². The lowest BCUT2D eigenvalue weighted by Gasteiger charge is -2.20. The van der Waals surface area contributed by atoms with E-state index >= 15 is 0 Å². The zero-order valence-corrected chi connectivity index (χ0v) is 8.30. The number of amides is 1. The highest BCUT2D eigenvalue weighted by Crippen LogP contribution is 2.31. The molecule has 1 aliphatic rings. The molecule has 0 aliphatic carbocycles. The summed E-state index contributed by atoms with van der Waals surface area (Å²) in [7, 11) is 0. The van der Waals surface area contributed by atoms with Crippen LogP contribution in [0.4, 0.5) is 5.69 Å². The molecule has 0 aromatic heterocycles. The van der Waals surface area contributed by atoms with Gasteiger partial charge in [0.1, 0.15) is 6.04 Å². The summed E-state index contributed by atoms with van der Waals surface area (Å²) in [5.74, 6) is -1.19. The lowest BCUT2D eigenvalue weighted by Crippen LogP contribution is -2.41. The van der Waals surface area contributed by atoms with Gasteiger partial charge in [-0.1, -0.05) is 18.2 Å². The fourth-order valence-electron chi connectivity index (χ4n) is 1.97. The van der Waals surface area contributed by atoms with Gasteiger partial charge in [-0.3, -0.25) is 9.69 Å². The van der Waals surface area contributed by atoms with Gasteiger partial charge < -0.3 is 5.11 Å². The van der Waals surface area contributed by atoms with Crippen LogP contribution in [0.2, 0.25) is 0 Å². The van der Waals surface area contributed by atoms with Gasteiger partial charge in [-0.25, -0.2) is 4.79 Å². The van der Waals surface area contributed by atoms with Crippen molar-refractivity contribution in [3.05, 3.63) is 29.8 Å². The molecule has 1 aliphatic heterocycles. The van der Waals surface area contributed by atoms with E-state index in [1.54, 1.807) is 12.1 Å². The number of rotatable bonds is 1. The van der Waals surface area contributed by atoms with E-state index in [4.69, 9.17) is 5.11 Å². The van der Waals surface area contributed by atoms with Crippen LogP contribution >= 0.6 is 0 Å². The van der Waals surface area contributed by atoms with Gasteiger partial charge in [0, 0.05) is 19.0 Å². The normalized spacial score (nSPS) is 18.7. The smallest absolute Gasteiger partial charge is 0.327 e. The molecule has 1 heterocycles. The Hall–Kier alpha value is -1.84. The minimum atomic E-state index is -0.957. The molecule has 15 heavy (non-hydrogen) atoms. The van der Waals surface area contributed by atoms with E-state index in [0.717, 1.165) is 11.3 Å². The quantitative estimate of drug-likeness (QED) is 0.745. The fraction of sp³-hybridized carbons (Fsp3) is 0.273. The molecule has 4 heteroatoms. The summed E-state index contributed by atoms with van der Waals surface area (Å²) < 4.78 is 0. The van der Waals surface area contributed by atoms with E-state index in [2.05, 4.69) is 0 Å². The Morgan fingerprint density at radius 1 is 1.40 bits per heavy atom. The Balaban J connectivity index is 2.46. The summed E-state index contributed by atoms with van der Waals surface area (Å²) in [4.78, 5) is 23.7. The molecule has 1 aromatic carbocycles. The number of fused-ring (bicyclic) bond motifs is 1. The Kier molecular flexibility index (Phi) is 2.19. The van der Waals surface area contributed by atoms with Gasteiger partial charge in [-0.15, -0.1) is 0 Å². The second-order valence-electron chi connectivity index (χ2n) is 3.58. The largest absolute Gasteiger partial charge is 0.480 e. The molecule has 78 valence electrons. The number of carboxylic acid groups (broad SMARTS) is 1. The number of carbonyl (C=O) groups is 2. The molecular formula is C11H11NO3. The molecule has 1 amide bonds. The third kappa shape index (κ3) is 1.48. The van der Waals surface area contributed by atoms with Crippen LogP contribution in [0.3, 0.4) is 0 Å². The predicted octanol–water partition coefficient (Wildman–Crippen LogP) is 1.05. The average molecular weight is 205 g/mol. The number of aliphatic carboxylic acids is 1. The van der Waals surface area contributed by atoms with Crippen LogP contribution in [-0.4, -0.2) is 23.0 Å². The van der Waals surface area contributed by atoms with Crippen LogP contribution in [0.25, 0.3) is 0 Å². The molecule has 0 saturated carbocycles. The monoisotopic (exact) mass is 205 g/mol. The molecule has 0 spiro atoms. The molecule has 0 unspecified atom stereocenters. The number of carbonyl (C=O) groups excluding carboxylic acids is 1. The molecule has 1 aromatic rings. The molecule has 0 saturated heterocycles. The maximum atomic E-state index is 11.4. The van der Waals surface area contributed by atoms with Crippen molar-refractivity contribution >= 4 is 17.6 Å². The number of anilines is 1. The predicted molar refractivity (Wildman–Crippen MR) is 54.7 cm³/mol.